The van der Waals surface area contributed by atoms with Crippen molar-refractivity contribution < 1.29 is 18.9 Å². The van der Waals surface area contributed by atoms with Gasteiger partial charge in [-0.1, -0.05) is 29.8 Å². The van der Waals surface area contributed by atoms with E-state index < -0.39 is 5.69 Å². The van der Waals surface area contributed by atoms with Crippen molar-refractivity contribution in [2.45, 2.75) is 13.5 Å². The van der Waals surface area contributed by atoms with Gasteiger partial charge in [0.2, 0.25) is 5.88 Å². The van der Waals surface area contributed by atoms with Gasteiger partial charge in [0.1, 0.15) is 23.7 Å². The normalized spacial score (nSPS) is 10.9. The molecule has 0 radical (unpaired) electrons. The molecular weight excluding hydrogens is 436 g/mol. The van der Waals surface area contributed by atoms with Crippen molar-refractivity contribution >= 4 is 22.8 Å². The highest BCUT2D eigenvalue weighted by atomic mass is 35.5. The molecule has 10 heteroatoms. The highest BCUT2D eigenvalue weighted by Gasteiger charge is 2.20. The fourth-order valence-electron chi connectivity index (χ4n) is 3.38. The molecule has 32 heavy (non-hydrogen) atoms. The number of aromatic amines is 1. The monoisotopic (exact) mass is 456 g/mol. The lowest BCUT2D eigenvalue weighted by atomic mass is 10.2. The van der Waals surface area contributed by atoms with Gasteiger partial charge < -0.3 is 18.9 Å². The Hall–Kier alpha value is -3.72. The van der Waals surface area contributed by atoms with Gasteiger partial charge in [0.15, 0.2) is 17.1 Å². The first-order valence-corrected chi connectivity index (χ1v) is 10.0. The molecule has 0 atom stereocenters. The summed E-state index contributed by atoms with van der Waals surface area (Å²) in [6, 6.07) is 10.8. The summed E-state index contributed by atoms with van der Waals surface area (Å²) in [6.45, 7) is 1.93. The first-order chi connectivity index (χ1) is 15.5. The van der Waals surface area contributed by atoms with Crippen LogP contribution in [-0.4, -0.2) is 40.8 Å². The molecule has 0 bridgehead atoms. The largest absolute Gasteiger partial charge is 0.496 e. The molecule has 0 aliphatic heterocycles. The van der Waals surface area contributed by atoms with Gasteiger partial charge in [-0.2, -0.15) is 4.98 Å². The van der Waals surface area contributed by atoms with E-state index in [0.29, 0.717) is 39.9 Å². The number of hydrogen-bond acceptors (Lipinski definition) is 7. The number of methoxy groups -OCH3 is 3. The van der Waals surface area contributed by atoms with Crippen LogP contribution in [0.2, 0.25) is 5.02 Å². The molecule has 0 spiro atoms. The van der Waals surface area contributed by atoms with Gasteiger partial charge in [0, 0.05) is 17.7 Å². The standard InChI is InChI=1S/C22H21ClN4O5/c1-12-24-20-19(21(25-12)31-4)26-22(28)27(20)15-10-18(17(30-3)9-14(15)23)32-11-13-7-5-6-8-16(13)29-2/h5-10H,11H2,1-4H3,(H,26,28). The van der Waals surface area contributed by atoms with Crippen LogP contribution in [0, 0.1) is 6.92 Å². The van der Waals surface area contributed by atoms with Gasteiger partial charge in [0.25, 0.3) is 0 Å². The first kappa shape index (κ1) is 21.5. The molecule has 166 valence electrons. The van der Waals surface area contributed by atoms with Crippen LogP contribution < -0.4 is 24.6 Å². The van der Waals surface area contributed by atoms with Crippen molar-refractivity contribution in [3.8, 4) is 28.8 Å². The Morgan fingerprint density at radius 1 is 1.00 bits per heavy atom. The molecule has 4 aromatic rings. The second-order valence-electron chi connectivity index (χ2n) is 6.80. The lowest BCUT2D eigenvalue weighted by Crippen LogP contribution is -2.16. The van der Waals surface area contributed by atoms with Crippen LogP contribution >= 0.6 is 11.6 Å². The number of aromatic nitrogens is 4. The van der Waals surface area contributed by atoms with Crippen LogP contribution in [0.5, 0.6) is 23.1 Å². The van der Waals surface area contributed by atoms with Crippen molar-refractivity contribution in [2.75, 3.05) is 21.3 Å². The molecule has 0 saturated heterocycles. The third-order valence-corrected chi connectivity index (χ3v) is 5.16. The van der Waals surface area contributed by atoms with Crippen LogP contribution in [0.3, 0.4) is 0 Å². The summed E-state index contributed by atoms with van der Waals surface area (Å²) in [6.07, 6.45) is 0. The maximum atomic E-state index is 12.8. The molecule has 0 aliphatic carbocycles. The van der Waals surface area contributed by atoms with Gasteiger partial charge in [0.05, 0.1) is 32.0 Å². The number of nitrogens with zero attached hydrogens (tertiary/aromatic N) is 3. The summed E-state index contributed by atoms with van der Waals surface area (Å²) < 4.78 is 23.5. The summed E-state index contributed by atoms with van der Waals surface area (Å²) in [4.78, 5) is 24.2. The van der Waals surface area contributed by atoms with E-state index >= 15 is 0 Å². The quantitative estimate of drug-likeness (QED) is 0.452. The number of ether oxygens (including phenoxy) is 4. The Bertz CT molecular complexity index is 1350. The zero-order valence-corrected chi connectivity index (χ0v) is 18.7. The smallest absolute Gasteiger partial charge is 0.332 e. The average molecular weight is 457 g/mol. The fraction of sp³-hybridized carbons (Fsp3) is 0.227. The maximum Gasteiger partial charge on any atom is 0.332 e. The van der Waals surface area contributed by atoms with Gasteiger partial charge in [-0.05, 0) is 13.0 Å². The van der Waals surface area contributed by atoms with E-state index in [1.165, 1.54) is 18.8 Å². The maximum absolute atomic E-state index is 12.8. The molecule has 0 amide bonds. The zero-order valence-electron chi connectivity index (χ0n) is 17.9. The number of hydrogen-bond donors (Lipinski definition) is 1. The predicted octanol–water partition coefficient (Wildman–Crippen LogP) is 3.68. The average Bonchev–Trinajstić information content (AvgIpc) is 3.12. The van der Waals surface area contributed by atoms with Crippen LogP contribution in [0.25, 0.3) is 16.9 Å². The number of fused-ring (bicyclic) bond motifs is 1. The molecule has 4 rings (SSSR count). The number of halogens is 1. The minimum atomic E-state index is -0.444. The van der Waals surface area contributed by atoms with Crippen LogP contribution in [0.1, 0.15) is 11.4 Å². The summed E-state index contributed by atoms with van der Waals surface area (Å²) in [5, 5.41) is 0.282. The van der Waals surface area contributed by atoms with Crippen LogP contribution in [0.15, 0.2) is 41.2 Å². The molecule has 9 nitrogen and oxygen atoms in total. The van der Waals surface area contributed by atoms with E-state index in [9.17, 15) is 4.79 Å². The Morgan fingerprint density at radius 2 is 1.75 bits per heavy atom. The Labute approximate surface area is 188 Å². The second kappa shape index (κ2) is 8.80. The first-order valence-electron chi connectivity index (χ1n) is 9.62. The molecular formula is C22H21ClN4O5. The molecule has 2 heterocycles. The van der Waals surface area contributed by atoms with Gasteiger partial charge in [-0.25, -0.2) is 14.3 Å². The minimum absolute atomic E-state index is 0.222. The van der Waals surface area contributed by atoms with Crippen molar-refractivity contribution in [3.05, 3.63) is 63.3 Å². The second-order valence-corrected chi connectivity index (χ2v) is 7.21. The molecule has 0 unspecified atom stereocenters. The van der Waals surface area contributed by atoms with Crippen molar-refractivity contribution in [2.24, 2.45) is 0 Å². The number of imidazole rings is 1. The Kier molecular flexibility index (Phi) is 5.91. The van der Waals surface area contributed by atoms with E-state index in [-0.39, 0.29) is 17.5 Å². The third-order valence-electron chi connectivity index (χ3n) is 4.86. The zero-order chi connectivity index (χ0) is 22.8. The van der Waals surface area contributed by atoms with E-state index in [1.807, 2.05) is 24.3 Å². The SMILES string of the molecule is COc1ccccc1COc1cc(-n2c(=O)[nH]c3c(OC)nc(C)nc32)c(Cl)cc1OC. The number of aryl methyl sites for hydroxylation is 1. The van der Waals surface area contributed by atoms with Crippen molar-refractivity contribution in [1.29, 1.82) is 0 Å². The number of nitrogens with one attached hydrogen (secondary N) is 1. The van der Waals surface area contributed by atoms with Crippen LogP contribution in [0.4, 0.5) is 0 Å². The molecule has 0 aliphatic rings. The molecule has 0 fully saturated rings. The molecule has 2 aromatic carbocycles. The third kappa shape index (κ3) is 3.82. The minimum Gasteiger partial charge on any atom is -0.496 e. The number of H-pyrrole nitrogens is 1. The summed E-state index contributed by atoms with van der Waals surface area (Å²) in [5.41, 5.74) is 1.49. The highest BCUT2D eigenvalue weighted by molar-refractivity contribution is 6.32. The van der Waals surface area contributed by atoms with E-state index in [2.05, 4.69) is 15.0 Å². The fourth-order valence-corrected chi connectivity index (χ4v) is 3.62. The highest BCUT2D eigenvalue weighted by Crippen LogP contribution is 2.37. The lowest BCUT2D eigenvalue weighted by Gasteiger charge is -2.15. The number of rotatable bonds is 7. The number of para-hydroxylation sites is 1. The topological polar surface area (TPSA) is 100 Å². The van der Waals surface area contributed by atoms with Crippen LogP contribution in [-0.2, 0) is 6.61 Å². The van der Waals surface area contributed by atoms with Gasteiger partial charge >= 0.3 is 5.69 Å². The molecule has 0 saturated carbocycles. The lowest BCUT2D eigenvalue weighted by molar-refractivity contribution is 0.278. The van der Waals surface area contributed by atoms with E-state index in [0.717, 1.165) is 5.56 Å². The number of benzene rings is 2. The van der Waals surface area contributed by atoms with Gasteiger partial charge in [-0.3, -0.25) is 4.98 Å². The van der Waals surface area contributed by atoms with Crippen molar-refractivity contribution in [1.82, 2.24) is 19.5 Å². The van der Waals surface area contributed by atoms with E-state index in [1.54, 1.807) is 26.2 Å². The van der Waals surface area contributed by atoms with Gasteiger partial charge in [-0.15, -0.1) is 0 Å². The summed E-state index contributed by atoms with van der Waals surface area (Å²) in [5.74, 6) is 2.23. The Morgan fingerprint density at radius 3 is 2.47 bits per heavy atom. The predicted molar refractivity (Wildman–Crippen MR) is 120 cm³/mol. The van der Waals surface area contributed by atoms with Crippen molar-refractivity contribution in [3.63, 3.8) is 0 Å². The summed E-state index contributed by atoms with van der Waals surface area (Å²) >= 11 is 6.52. The Balaban J connectivity index is 1.82. The summed E-state index contributed by atoms with van der Waals surface area (Å²) in [7, 11) is 4.59. The van der Waals surface area contributed by atoms with E-state index in [4.69, 9.17) is 30.5 Å². The molecule has 2 aromatic heterocycles. The molecule has 1 N–H and O–H groups in total.